The number of ether oxygens (including phenoxy) is 1. The van der Waals surface area contributed by atoms with E-state index in [4.69, 9.17) is 10.5 Å². The van der Waals surface area contributed by atoms with Gasteiger partial charge in [-0.05, 0) is 22.6 Å². The van der Waals surface area contributed by atoms with E-state index in [9.17, 15) is 24.2 Å². The maximum atomic E-state index is 13.2. The Balaban J connectivity index is 2.14. The molecule has 0 aromatic heterocycles. The van der Waals surface area contributed by atoms with E-state index in [0.29, 0.717) is 5.56 Å². The molecule has 8 nitrogen and oxygen atoms in total. The number of aliphatic carboxylic acids is 1. The molecule has 2 rings (SSSR count). The predicted octanol–water partition coefficient (Wildman–Crippen LogP) is 3.49. The number of amides is 1. The summed E-state index contributed by atoms with van der Waals surface area (Å²) in [4.78, 5) is 34.9. The van der Waals surface area contributed by atoms with Crippen LogP contribution in [0.25, 0.3) is 0 Å². The van der Waals surface area contributed by atoms with E-state index < -0.39 is 43.2 Å². The molecule has 31 heavy (non-hydrogen) atoms. The zero-order chi connectivity index (χ0) is 23.0. The van der Waals surface area contributed by atoms with Gasteiger partial charge in [0.05, 0.1) is 5.92 Å². The predicted molar refractivity (Wildman–Crippen MR) is 118 cm³/mol. The first-order valence-corrected chi connectivity index (χ1v) is 11.9. The van der Waals surface area contributed by atoms with Crippen molar-refractivity contribution < 1.29 is 28.9 Å². The third kappa shape index (κ3) is 7.21. The van der Waals surface area contributed by atoms with Crippen LogP contribution in [0.4, 0.5) is 4.79 Å². The maximum Gasteiger partial charge on any atom is 0.408 e. The summed E-state index contributed by atoms with van der Waals surface area (Å²) in [5.41, 5.74) is 7.51. The van der Waals surface area contributed by atoms with E-state index >= 15 is 0 Å². The molecule has 3 atom stereocenters. The Morgan fingerprint density at radius 3 is 2.32 bits per heavy atom. The van der Waals surface area contributed by atoms with Gasteiger partial charge >= 0.3 is 12.1 Å². The quantitative estimate of drug-likeness (QED) is 0.408. The van der Waals surface area contributed by atoms with E-state index in [1.807, 2.05) is 6.07 Å². The Hall–Kier alpha value is -2.67. The Morgan fingerprint density at radius 1 is 1.10 bits per heavy atom. The minimum atomic E-state index is -4.13. The Labute approximate surface area is 181 Å². The van der Waals surface area contributed by atoms with E-state index in [-0.39, 0.29) is 13.2 Å². The van der Waals surface area contributed by atoms with Crippen molar-refractivity contribution in [1.82, 2.24) is 5.32 Å². The van der Waals surface area contributed by atoms with Crippen LogP contribution >= 0.6 is 7.37 Å². The first kappa shape index (κ1) is 24.6. The van der Waals surface area contributed by atoms with Crippen LogP contribution in [0, 0.1) is 5.92 Å². The van der Waals surface area contributed by atoms with Crippen molar-refractivity contribution in [3.8, 4) is 0 Å². The van der Waals surface area contributed by atoms with Gasteiger partial charge in [0.1, 0.15) is 12.4 Å². The van der Waals surface area contributed by atoms with Gasteiger partial charge in [0.2, 0.25) is 7.37 Å². The lowest BCUT2D eigenvalue weighted by Crippen LogP contribution is -2.40. The molecule has 0 aliphatic heterocycles. The summed E-state index contributed by atoms with van der Waals surface area (Å²) in [6.07, 6.45) is -1.37. The molecule has 2 aromatic carbocycles. The average molecular weight is 448 g/mol. The first-order chi connectivity index (χ1) is 14.6. The minimum absolute atomic E-state index is 0.0108. The van der Waals surface area contributed by atoms with Crippen molar-refractivity contribution in [3.05, 3.63) is 71.3 Å². The van der Waals surface area contributed by atoms with Crippen LogP contribution in [-0.4, -0.2) is 34.0 Å². The van der Waals surface area contributed by atoms with Gasteiger partial charge in [-0.15, -0.1) is 0 Å². The van der Waals surface area contributed by atoms with Crippen molar-refractivity contribution in [1.29, 1.82) is 0 Å². The summed E-state index contributed by atoms with van der Waals surface area (Å²) < 4.78 is 18.4. The minimum Gasteiger partial charge on any atom is -0.481 e. The second-order valence-corrected chi connectivity index (χ2v) is 10.1. The number of carboxylic acid groups (broad SMARTS) is 1. The molecule has 5 N–H and O–H groups in total. The van der Waals surface area contributed by atoms with Gasteiger partial charge in [0.15, 0.2) is 0 Å². The van der Waals surface area contributed by atoms with Gasteiger partial charge < -0.3 is 25.8 Å². The number of carbonyl (C=O) groups excluding carboxylic acids is 1. The summed E-state index contributed by atoms with van der Waals surface area (Å²) in [6.45, 7) is 3.59. The molecule has 0 fully saturated rings. The summed E-state index contributed by atoms with van der Waals surface area (Å²) in [6, 6.07) is 15.6. The molecule has 2 aromatic rings. The first-order valence-electron chi connectivity index (χ1n) is 9.94. The van der Waals surface area contributed by atoms with Crippen molar-refractivity contribution >= 4 is 19.4 Å². The molecular formula is C22H29N2O6P. The van der Waals surface area contributed by atoms with Crippen molar-refractivity contribution in [2.75, 3.05) is 6.16 Å². The summed E-state index contributed by atoms with van der Waals surface area (Å²) in [7, 11) is -4.13. The molecule has 0 spiro atoms. The number of nitrogens with two attached hydrogens (primary N) is 1. The summed E-state index contributed by atoms with van der Waals surface area (Å²) in [5, 5.41) is 12.1. The molecule has 0 radical (unpaired) electrons. The molecule has 1 amide bonds. The van der Waals surface area contributed by atoms with Gasteiger partial charge in [-0.25, -0.2) is 4.79 Å². The average Bonchev–Trinajstić information content (AvgIpc) is 2.74. The van der Waals surface area contributed by atoms with E-state index in [1.165, 1.54) is 0 Å². The molecule has 0 saturated carbocycles. The third-order valence-corrected chi connectivity index (χ3v) is 7.36. The summed E-state index contributed by atoms with van der Waals surface area (Å²) in [5.74, 6) is -4.02. The van der Waals surface area contributed by atoms with Crippen molar-refractivity contribution in [2.24, 2.45) is 11.7 Å². The zero-order valence-corrected chi connectivity index (χ0v) is 18.5. The molecule has 0 heterocycles. The number of carboxylic acids is 1. The lowest BCUT2D eigenvalue weighted by atomic mass is 9.99. The number of hydrogen-bond donors (Lipinski definition) is 4. The fraction of sp³-hybridized carbons (Fsp3) is 0.364. The van der Waals surface area contributed by atoms with Crippen LogP contribution in [0.15, 0.2) is 54.6 Å². The molecule has 9 heteroatoms. The smallest absolute Gasteiger partial charge is 0.408 e. The van der Waals surface area contributed by atoms with Crippen LogP contribution in [0.5, 0.6) is 0 Å². The van der Waals surface area contributed by atoms with Crippen LogP contribution in [0.2, 0.25) is 0 Å². The van der Waals surface area contributed by atoms with Crippen LogP contribution < -0.4 is 11.1 Å². The van der Waals surface area contributed by atoms with Gasteiger partial charge in [-0.1, -0.05) is 68.4 Å². The van der Waals surface area contributed by atoms with E-state index in [1.54, 1.807) is 62.4 Å². The summed E-state index contributed by atoms with van der Waals surface area (Å²) >= 11 is 0. The molecule has 168 valence electrons. The SMILES string of the molecule is CC(C)C(NC(=O)OCc1ccccc1)P(=O)(O)CC(C(=O)O)c1cccc(CN)c1. The van der Waals surface area contributed by atoms with Gasteiger partial charge in [0.25, 0.3) is 0 Å². The number of benzene rings is 2. The molecule has 0 aliphatic rings. The monoisotopic (exact) mass is 448 g/mol. The molecule has 0 saturated heterocycles. The Bertz CT molecular complexity index is 935. The van der Waals surface area contributed by atoms with Crippen LogP contribution in [0.3, 0.4) is 0 Å². The number of alkyl carbamates (subject to hydrolysis) is 1. The fourth-order valence-corrected chi connectivity index (χ4v) is 5.61. The molecule has 0 aliphatic carbocycles. The fourth-order valence-electron chi connectivity index (χ4n) is 3.26. The molecule has 3 unspecified atom stereocenters. The lowest BCUT2D eigenvalue weighted by Gasteiger charge is -2.29. The van der Waals surface area contributed by atoms with Gasteiger partial charge in [-0.3, -0.25) is 9.36 Å². The highest BCUT2D eigenvalue weighted by atomic mass is 31.2. The van der Waals surface area contributed by atoms with E-state index in [2.05, 4.69) is 5.32 Å². The zero-order valence-electron chi connectivity index (χ0n) is 17.6. The van der Waals surface area contributed by atoms with E-state index in [0.717, 1.165) is 11.1 Å². The van der Waals surface area contributed by atoms with Gasteiger partial charge in [0, 0.05) is 12.7 Å². The highest BCUT2D eigenvalue weighted by Gasteiger charge is 2.39. The molecule has 0 bridgehead atoms. The third-order valence-electron chi connectivity index (χ3n) is 4.88. The number of nitrogens with one attached hydrogen (secondary N) is 1. The van der Waals surface area contributed by atoms with Crippen molar-refractivity contribution in [3.63, 3.8) is 0 Å². The topological polar surface area (TPSA) is 139 Å². The van der Waals surface area contributed by atoms with Gasteiger partial charge in [-0.2, -0.15) is 0 Å². The normalized spacial score (nSPS) is 15.0. The largest absolute Gasteiger partial charge is 0.481 e. The second-order valence-electron chi connectivity index (χ2n) is 7.67. The van der Waals surface area contributed by atoms with Crippen molar-refractivity contribution in [2.45, 2.75) is 38.7 Å². The van der Waals surface area contributed by atoms with Crippen LogP contribution in [0.1, 0.15) is 36.5 Å². The highest BCUT2D eigenvalue weighted by molar-refractivity contribution is 7.58. The number of rotatable bonds is 10. The molecular weight excluding hydrogens is 419 g/mol. The highest BCUT2D eigenvalue weighted by Crippen LogP contribution is 2.51. The van der Waals surface area contributed by atoms with Crippen LogP contribution in [-0.2, 0) is 27.2 Å². The Morgan fingerprint density at radius 2 is 1.74 bits per heavy atom. The number of carbonyl (C=O) groups is 2. The number of hydrogen-bond acceptors (Lipinski definition) is 5. The second kappa shape index (κ2) is 11.1. The standard InChI is InChI=1S/C22H29N2O6P/c1-15(2)20(24-22(27)30-13-16-7-4-3-5-8-16)31(28,29)14-19(21(25)26)18-10-6-9-17(11-18)12-23/h3-11,15,19-20H,12-14,23H2,1-2H3,(H,24,27)(H,25,26)(H,28,29). The maximum absolute atomic E-state index is 13.2. The lowest BCUT2D eigenvalue weighted by molar-refractivity contribution is -0.138. The Kier molecular flexibility index (Phi) is 8.80.